The summed E-state index contributed by atoms with van der Waals surface area (Å²) in [5, 5.41) is 7.15. The van der Waals surface area contributed by atoms with Crippen LogP contribution in [-0.4, -0.2) is 70.0 Å². The molecule has 0 bridgehead atoms. The lowest BCUT2D eigenvalue weighted by Gasteiger charge is -2.35. The van der Waals surface area contributed by atoms with Gasteiger partial charge < -0.3 is 13.6 Å². The Hall–Kier alpha value is -3.34. The molecule has 0 radical (unpaired) electrons. The summed E-state index contributed by atoms with van der Waals surface area (Å²) in [7, 11) is 0. The van der Waals surface area contributed by atoms with E-state index in [0.29, 0.717) is 12.1 Å². The fraction of sp³-hybridized carbons (Fsp3) is 0.345. The van der Waals surface area contributed by atoms with Gasteiger partial charge in [0.25, 0.3) is 5.89 Å². The topological polar surface area (TPSA) is 61.5 Å². The second-order valence-corrected chi connectivity index (χ2v) is 10.5. The van der Waals surface area contributed by atoms with Gasteiger partial charge in [0.1, 0.15) is 0 Å². The van der Waals surface area contributed by atoms with Gasteiger partial charge in [-0.1, -0.05) is 30.3 Å². The van der Waals surface area contributed by atoms with Gasteiger partial charge in [-0.2, -0.15) is 8.78 Å². The first-order valence-electron chi connectivity index (χ1n) is 13.1. The first kappa shape index (κ1) is 27.2. The van der Waals surface area contributed by atoms with Crippen LogP contribution < -0.4 is 4.31 Å². The minimum atomic E-state index is -2.77. The normalized spacial score (nSPS) is 14.6. The molecule has 1 aliphatic rings. The number of hydrogen-bond acceptors (Lipinski definition) is 8. The van der Waals surface area contributed by atoms with Gasteiger partial charge in [-0.15, -0.1) is 10.2 Å². The van der Waals surface area contributed by atoms with Crippen LogP contribution in [-0.2, 0) is 13.0 Å². The Labute approximate surface area is 232 Å². The summed E-state index contributed by atoms with van der Waals surface area (Å²) in [6, 6.07) is 22.2. The Morgan fingerprint density at radius 1 is 0.821 bits per heavy atom. The number of hydrogen-bond donors (Lipinski definition) is 0. The van der Waals surface area contributed by atoms with Crippen molar-refractivity contribution < 1.29 is 13.2 Å². The molecule has 0 spiro atoms. The summed E-state index contributed by atoms with van der Waals surface area (Å²) in [5.41, 5.74) is 4.21. The third kappa shape index (κ3) is 7.84. The van der Waals surface area contributed by atoms with Gasteiger partial charge in [-0.05, 0) is 65.9 Å². The van der Waals surface area contributed by atoms with Gasteiger partial charge in [-0.25, -0.2) is 0 Å². The molecule has 0 unspecified atom stereocenters. The van der Waals surface area contributed by atoms with Crippen LogP contribution in [0.25, 0.3) is 11.5 Å². The van der Waals surface area contributed by atoms with E-state index >= 15 is 0 Å². The van der Waals surface area contributed by atoms with Crippen LogP contribution in [0.4, 0.5) is 14.5 Å². The zero-order chi connectivity index (χ0) is 26.9. The van der Waals surface area contributed by atoms with E-state index in [1.165, 1.54) is 5.56 Å². The largest absolute Gasteiger partial charge is 0.415 e. The molecule has 0 amide bonds. The molecule has 0 saturated carbocycles. The number of nitrogens with zero attached hydrogens (tertiary/aromatic N) is 6. The van der Waals surface area contributed by atoms with Crippen LogP contribution in [0.2, 0.25) is 0 Å². The molecule has 2 aromatic carbocycles. The van der Waals surface area contributed by atoms with E-state index in [4.69, 9.17) is 4.42 Å². The average Bonchev–Trinajstić information content (AvgIpc) is 3.49. The Balaban J connectivity index is 1.11. The van der Waals surface area contributed by atoms with Crippen molar-refractivity contribution in [2.75, 3.05) is 49.3 Å². The molecule has 7 nitrogen and oxygen atoms in total. The molecule has 2 aromatic heterocycles. The van der Waals surface area contributed by atoms with Crippen LogP contribution >= 0.6 is 11.9 Å². The number of piperazine rings is 1. The summed E-state index contributed by atoms with van der Waals surface area (Å²) in [6.45, 7) is 7.22. The van der Waals surface area contributed by atoms with E-state index in [9.17, 15) is 8.78 Å². The first-order chi connectivity index (χ1) is 19.1. The quantitative estimate of drug-likeness (QED) is 0.212. The minimum Gasteiger partial charge on any atom is -0.415 e. The number of alkyl halides is 2. The minimum absolute atomic E-state index is 0.101. The second-order valence-electron chi connectivity index (χ2n) is 9.44. The predicted octanol–water partition coefficient (Wildman–Crippen LogP) is 5.58. The van der Waals surface area contributed by atoms with Gasteiger partial charge in [0.2, 0.25) is 5.89 Å². The monoisotopic (exact) mass is 550 g/mol. The molecular weight excluding hydrogens is 518 g/mol. The highest BCUT2D eigenvalue weighted by Gasteiger charge is 2.19. The smallest absolute Gasteiger partial charge is 0.314 e. The number of benzene rings is 2. The lowest BCUT2D eigenvalue weighted by atomic mass is 10.1. The Bertz CT molecular complexity index is 1270. The van der Waals surface area contributed by atoms with Crippen LogP contribution in [0.5, 0.6) is 0 Å². The Morgan fingerprint density at radius 3 is 2.18 bits per heavy atom. The van der Waals surface area contributed by atoms with E-state index < -0.39 is 12.3 Å². The highest BCUT2D eigenvalue weighted by Crippen LogP contribution is 2.27. The van der Waals surface area contributed by atoms with Crippen molar-refractivity contribution in [1.82, 2.24) is 25.0 Å². The summed E-state index contributed by atoms with van der Waals surface area (Å²) in [6.07, 6.45) is 2.02. The molecule has 0 N–H and O–H groups in total. The van der Waals surface area contributed by atoms with Crippen molar-refractivity contribution in [1.29, 1.82) is 0 Å². The molecule has 4 aromatic rings. The van der Waals surface area contributed by atoms with E-state index in [-0.39, 0.29) is 5.89 Å². The van der Waals surface area contributed by atoms with Crippen molar-refractivity contribution in [3.05, 3.63) is 96.1 Å². The van der Waals surface area contributed by atoms with Crippen molar-refractivity contribution in [2.45, 2.75) is 19.4 Å². The van der Waals surface area contributed by atoms with E-state index in [0.717, 1.165) is 62.7 Å². The zero-order valence-electron chi connectivity index (χ0n) is 21.7. The van der Waals surface area contributed by atoms with Crippen molar-refractivity contribution >= 4 is 17.6 Å². The number of anilines is 1. The van der Waals surface area contributed by atoms with Crippen LogP contribution in [0.1, 0.15) is 23.4 Å². The van der Waals surface area contributed by atoms with Crippen molar-refractivity contribution in [3.8, 4) is 11.5 Å². The first-order valence-corrected chi connectivity index (χ1v) is 14.1. The summed E-state index contributed by atoms with van der Waals surface area (Å²) < 4.78 is 32.9. The van der Waals surface area contributed by atoms with Crippen molar-refractivity contribution in [3.63, 3.8) is 0 Å². The number of para-hydroxylation sites is 1. The van der Waals surface area contributed by atoms with E-state index in [1.54, 1.807) is 0 Å². The van der Waals surface area contributed by atoms with E-state index in [1.807, 2.05) is 66.8 Å². The number of rotatable bonds is 12. The highest BCUT2D eigenvalue weighted by molar-refractivity contribution is 8.00. The lowest BCUT2D eigenvalue weighted by Crippen LogP contribution is -2.47. The molecule has 1 saturated heterocycles. The second kappa shape index (κ2) is 13.6. The molecule has 10 heteroatoms. The standard InChI is InChI=1S/C29H32F2N6OS/c30-27(31)29-34-33-28(38-29)25-8-6-24(7-9-25)22-37(26-4-2-1-3-5-26)39-21-20-36-18-16-35(17-19-36)15-12-23-10-13-32-14-11-23/h1-11,13-14,27H,12,15-22H2. The molecule has 0 atom stereocenters. The molecule has 0 aliphatic carbocycles. The maximum Gasteiger partial charge on any atom is 0.314 e. The molecule has 204 valence electrons. The Morgan fingerprint density at radius 2 is 1.51 bits per heavy atom. The van der Waals surface area contributed by atoms with Gasteiger partial charge in [0.05, 0.1) is 6.54 Å². The predicted molar refractivity (Wildman–Crippen MR) is 151 cm³/mol. The van der Waals surface area contributed by atoms with Crippen LogP contribution in [0, 0.1) is 0 Å². The molecule has 39 heavy (non-hydrogen) atoms. The molecule has 1 fully saturated rings. The molecular formula is C29H32F2N6OS. The van der Waals surface area contributed by atoms with Crippen LogP contribution in [0.3, 0.4) is 0 Å². The third-order valence-corrected chi connectivity index (χ3v) is 7.80. The summed E-state index contributed by atoms with van der Waals surface area (Å²) >= 11 is 1.83. The van der Waals surface area contributed by atoms with Crippen LogP contribution in [0.15, 0.2) is 83.5 Å². The average molecular weight is 551 g/mol. The number of halogens is 2. The SMILES string of the molecule is FC(F)c1nnc(-c2ccc(CN(SCCN3CCN(CCc4ccncc4)CC3)c3ccccc3)cc2)o1. The van der Waals surface area contributed by atoms with Gasteiger partial charge in [0, 0.05) is 68.7 Å². The van der Waals surface area contributed by atoms with Crippen molar-refractivity contribution in [2.24, 2.45) is 0 Å². The number of pyridine rings is 1. The fourth-order valence-corrected chi connectivity index (χ4v) is 5.59. The van der Waals surface area contributed by atoms with E-state index in [2.05, 4.69) is 53.6 Å². The molecule has 3 heterocycles. The zero-order valence-corrected chi connectivity index (χ0v) is 22.5. The third-order valence-electron chi connectivity index (χ3n) is 6.78. The fourth-order valence-electron chi connectivity index (χ4n) is 4.52. The maximum absolute atomic E-state index is 12.8. The summed E-state index contributed by atoms with van der Waals surface area (Å²) in [5.74, 6) is 0.429. The summed E-state index contributed by atoms with van der Waals surface area (Å²) in [4.78, 5) is 9.20. The molecule has 5 rings (SSSR count). The van der Waals surface area contributed by atoms with Gasteiger partial charge in [-0.3, -0.25) is 9.88 Å². The van der Waals surface area contributed by atoms with Gasteiger partial charge in [0.15, 0.2) is 0 Å². The van der Waals surface area contributed by atoms with Gasteiger partial charge >= 0.3 is 6.43 Å². The lowest BCUT2D eigenvalue weighted by molar-refractivity contribution is 0.116. The Kier molecular flexibility index (Phi) is 9.52. The maximum atomic E-state index is 12.8. The highest BCUT2D eigenvalue weighted by atomic mass is 32.2. The molecule has 1 aliphatic heterocycles. The number of aromatic nitrogens is 3.